The van der Waals surface area contributed by atoms with Gasteiger partial charge in [-0.2, -0.15) is 0 Å². The zero-order chi connectivity index (χ0) is 5.54. The van der Waals surface area contributed by atoms with Crippen molar-refractivity contribution in [2.45, 2.75) is 17.9 Å². The van der Waals surface area contributed by atoms with Crippen LogP contribution in [-0.2, 0) is 0 Å². The van der Waals surface area contributed by atoms with E-state index in [9.17, 15) is 0 Å². The lowest BCUT2D eigenvalue weighted by Gasteiger charge is -1.80. The molecule has 38 valence electrons. The lowest BCUT2D eigenvalue weighted by Crippen LogP contribution is -1.71. The van der Waals surface area contributed by atoms with Crippen LogP contribution in [0, 0.1) is 0 Å². The Labute approximate surface area is 61.0 Å². The predicted molar refractivity (Wildman–Crippen MR) is 38.9 cm³/mol. The Morgan fingerprint density at radius 1 is 1.71 bits per heavy atom. The van der Waals surface area contributed by atoms with E-state index in [1.165, 1.54) is 11.0 Å². The van der Waals surface area contributed by atoms with Crippen LogP contribution >= 0.6 is 12.9 Å². The quantitative estimate of drug-likeness (QED) is 0.349. The average Bonchev–Trinajstić information content (AvgIpc) is 1.69. The van der Waals surface area contributed by atoms with Crippen LogP contribution in [0.4, 0.5) is 0 Å². The Kier molecular flexibility index (Phi) is 7.97. The first-order valence-electron chi connectivity index (χ1n) is 2.59. The summed E-state index contributed by atoms with van der Waals surface area (Å²) in [5, 5.41) is 0. The second kappa shape index (κ2) is 6.99. The summed E-state index contributed by atoms with van der Waals surface area (Å²) in [6.45, 7) is 2.07. The third-order valence-electron chi connectivity index (χ3n) is 0.740. The summed E-state index contributed by atoms with van der Waals surface area (Å²) in [5.41, 5.74) is 0. The summed E-state index contributed by atoms with van der Waals surface area (Å²) in [6.07, 6.45) is 5.60. The molecule has 0 aromatic heterocycles. The van der Waals surface area contributed by atoms with Crippen molar-refractivity contribution < 1.29 is 0 Å². The molecular formula is C5H9BrMg. The Morgan fingerprint density at radius 3 is 2.86 bits per heavy atom. The third kappa shape index (κ3) is 6.99. The molecule has 2 heteroatoms. The second-order valence-corrected chi connectivity index (χ2v) is 4.86. The molecule has 7 heavy (non-hydrogen) atoms. The van der Waals surface area contributed by atoms with Crippen molar-refractivity contribution in [1.82, 2.24) is 0 Å². The van der Waals surface area contributed by atoms with Crippen molar-refractivity contribution in [1.29, 1.82) is 0 Å². The van der Waals surface area contributed by atoms with Crippen molar-refractivity contribution in [3.8, 4) is 0 Å². The van der Waals surface area contributed by atoms with Crippen LogP contribution in [0.15, 0.2) is 12.2 Å². The Balaban J connectivity index is 2.69. The number of rotatable bonds is 3. The molecule has 0 bridgehead atoms. The van der Waals surface area contributed by atoms with E-state index in [-0.39, 0.29) is 18.2 Å². The maximum absolute atomic E-state index is 3.48. The van der Waals surface area contributed by atoms with Gasteiger partial charge in [-0.15, -0.1) is 4.55 Å². The smallest absolute Gasteiger partial charge is 0.307 e. The van der Waals surface area contributed by atoms with Gasteiger partial charge in [0.05, 0.1) is 0 Å². The molecule has 0 spiro atoms. The minimum Gasteiger partial charge on any atom is -0.307 e. The van der Waals surface area contributed by atoms with Crippen LogP contribution in [0.2, 0.25) is 4.55 Å². The molecule has 0 aliphatic carbocycles. The maximum Gasteiger partial charge on any atom is 0.468 e. The van der Waals surface area contributed by atoms with Crippen LogP contribution in [0.25, 0.3) is 0 Å². The first-order valence-corrected chi connectivity index (χ1v) is 7.49. The molecule has 0 aliphatic heterocycles. The van der Waals surface area contributed by atoms with Gasteiger partial charge in [0.2, 0.25) is 0 Å². The largest absolute Gasteiger partial charge is 0.468 e. The van der Waals surface area contributed by atoms with E-state index in [1.807, 2.05) is 0 Å². The highest BCUT2D eigenvalue weighted by Gasteiger charge is 1.82. The zero-order valence-electron chi connectivity index (χ0n) is 4.65. The van der Waals surface area contributed by atoms with E-state index < -0.39 is 0 Å². The highest BCUT2D eigenvalue weighted by Crippen LogP contribution is 1.92. The van der Waals surface area contributed by atoms with Crippen molar-refractivity contribution in [3.05, 3.63) is 12.2 Å². The minimum absolute atomic E-state index is 0.155. The summed E-state index contributed by atoms with van der Waals surface area (Å²) >= 11 is 3.64. The molecule has 0 nitrogen and oxygen atoms in total. The Hall–Kier alpha value is 0.986. The molecule has 0 heterocycles. The summed E-state index contributed by atoms with van der Waals surface area (Å²) in [6, 6.07) is 0. The third-order valence-corrected chi connectivity index (χ3v) is 3.10. The fourth-order valence-electron chi connectivity index (χ4n) is 0.362. The van der Waals surface area contributed by atoms with Gasteiger partial charge in [-0.05, 0) is 6.92 Å². The van der Waals surface area contributed by atoms with Gasteiger partial charge in [-0.3, -0.25) is 0 Å². The number of allylic oxidation sites excluding steroid dienone is 2. The second-order valence-electron chi connectivity index (χ2n) is 1.40. The molecular weight excluding hydrogens is 164 g/mol. The Bertz CT molecular complexity index is 52.0. The van der Waals surface area contributed by atoms with E-state index in [2.05, 4.69) is 32.0 Å². The fraction of sp³-hybridized carbons (Fsp3) is 0.600. The van der Waals surface area contributed by atoms with Crippen LogP contribution < -0.4 is 0 Å². The molecule has 0 aromatic carbocycles. The fourth-order valence-corrected chi connectivity index (χ4v) is 1.72. The van der Waals surface area contributed by atoms with E-state index in [4.69, 9.17) is 0 Å². The van der Waals surface area contributed by atoms with Crippen LogP contribution in [-0.4, -0.2) is 18.2 Å². The topological polar surface area (TPSA) is 0 Å². The molecule has 0 saturated heterocycles. The highest BCUT2D eigenvalue weighted by molar-refractivity contribution is 9.23. The van der Waals surface area contributed by atoms with Crippen molar-refractivity contribution in [2.75, 3.05) is 0 Å². The van der Waals surface area contributed by atoms with E-state index in [0.29, 0.717) is 0 Å². The summed E-state index contributed by atoms with van der Waals surface area (Å²) in [5.74, 6) is 0. The average molecular weight is 173 g/mol. The molecule has 0 atom stereocenters. The van der Waals surface area contributed by atoms with Crippen LogP contribution in [0.3, 0.4) is 0 Å². The first-order chi connectivity index (χ1) is 3.41. The van der Waals surface area contributed by atoms with Crippen LogP contribution in [0.1, 0.15) is 13.3 Å². The van der Waals surface area contributed by atoms with E-state index >= 15 is 0 Å². The molecule has 0 fully saturated rings. The van der Waals surface area contributed by atoms with Crippen molar-refractivity contribution in [3.63, 3.8) is 0 Å². The van der Waals surface area contributed by atoms with Gasteiger partial charge in [0.15, 0.2) is 0 Å². The SMILES string of the molecule is C/C=C/C[CH2][Mg][Br]. The standard InChI is InChI=1S/C5H9.BrH.Mg/c1-3-5-4-2;;/h4-5H,1,3H2,2H3;1H;/q;;+1/p-1/b5-4+;;. The van der Waals surface area contributed by atoms with E-state index in [0.717, 1.165) is 0 Å². The van der Waals surface area contributed by atoms with Gasteiger partial charge in [0.25, 0.3) is 0 Å². The molecule has 0 amide bonds. The molecule has 0 saturated carbocycles. The van der Waals surface area contributed by atoms with Crippen molar-refractivity contribution >= 4 is 31.1 Å². The summed E-state index contributed by atoms with van der Waals surface area (Å²) in [4.78, 5) is 0. The number of hydrogen-bond acceptors (Lipinski definition) is 0. The minimum atomic E-state index is 0.155. The zero-order valence-corrected chi connectivity index (χ0v) is 7.65. The normalized spacial score (nSPS) is 9.43. The molecule has 0 rings (SSSR count). The number of hydrogen-bond donors (Lipinski definition) is 0. The monoisotopic (exact) mass is 172 g/mol. The molecule has 0 radical (unpaired) electrons. The number of halogens is 1. The summed E-state index contributed by atoms with van der Waals surface area (Å²) < 4.78 is 1.39. The molecule has 0 unspecified atom stereocenters. The first kappa shape index (κ1) is 7.99. The van der Waals surface area contributed by atoms with Gasteiger partial charge >= 0.3 is 18.2 Å². The lowest BCUT2D eigenvalue weighted by molar-refractivity contribution is 1.21. The molecule has 0 aliphatic rings. The lowest BCUT2D eigenvalue weighted by atomic mass is 10.4. The van der Waals surface area contributed by atoms with Crippen molar-refractivity contribution in [2.24, 2.45) is 0 Å². The van der Waals surface area contributed by atoms with Crippen LogP contribution in [0.5, 0.6) is 0 Å². The van der Waals surface area contributed by atoms with Gasteiger partial charge in [-0.1, -0.05) is 18.6 Å². The predicted octanol–water partition coefficient (Wildman–Crippen LogP) is 2.39. The van der Waals surface area contributed by atoms with Gasteiger partial charge < -0.3 is 12.9 Å². The van der Waals surface area contributed by atoms with Gasteiger partial charge in [0.1, 0.15) is 0 Å². The van der Waals surface area contributed by atoms with Gasteiger partial charge in [-0.25, -0.2) is 0 Å². The summed E-state index contributed by atoms with van der Waals surface area (Å²) in [7, 11) is 0. The molecule has 0 aromatic rings. The highest BCUT2D eigenvalue weighted by atomic mass is 79.9. The molecule has 0 N–H and O–H groups in total. The van der Waals surface area contributed by atoms with Gasteiger partial charge in [0, 0.05) is 0 Å². The maximum atomic E-state index is 3.48. The Morgan fingerprint density at radius 2 is 2.43 bits per heavy atom. The van der Waals surface area contributed by atoms with E-state index in [1.54, 1.807) is 0 Å².